The lowest BCUT2D eigenvalue weighted by Gasteiger charge is -2.22. The molecular weight excluding hydrogens is 493 g/mol. The molecule has 0 aliphatic rings. The number of benzene rings is 2. The van der Waals surface area contributed by atoms with Crippen molar-refractivity contribution in [1.29, 1.82) is 0 Å². The van der Waals surface area contributed by atoms with Crippen LogP contribution in [-0.4, -0.2) is 27.5 Å². The maximum Gasteiger partial charge on any atom is 0.319 e. The zero-order valence-corrected chi connectivity index (χ0v) is 20.8. The minimum atomic E-state index is -0.506. The second-order valence-electron chi connectivity index (χ2n) is 8.37. The normalized spacial score (nSPS) is 11.3. The van der Waals surface area contributed by atoms with E-state index in [9.17, 15) is 4.79 Å². The Morgan fingerprint density at radius 3 is 2.32 bits per heavy atom. The number of carbonyl (C=O) groups excluding carboxylic acids is 1. The number of rotatable bonds is 6. The molecule has 2 aromatic heterocycles. The van der Waals surface area contributed by atoms with E-state index >= 15 is 0 Å². The third kappa shape index (κ3) is 5.53. The summed E-state index contributed by atoms with van der Waals surface area (Å²) in [7, 11) is 0. The van der Waals surface area contributed by atoms with E-state index in [1.807, 2.05) is 32.0 Å². The fourth-order valence-electron chi connectivity index (χ4n) is 3.37. The summed E-state index contributed by atoms with van der Waals surface area (Å²) in [6.07, 6.45) is 3.45. The van der Waals surface area contributed by atoms with Crippen LogP contribution in [0.25, 0.3) is 22.5 Å². The van der Waals surface area contributed by atoms with E-state index in [0.29, 0.717) is 33.1 Å². The number of aromatic amines is 1. The van der Waals surface area contributed by atoms with Gasteiger partial charge in [-0.1, -0.05) is 54.7 Å². The zero-order chi connectivity index (χ0) is 24.3. The molecule has 4 aromatic rings. The second-order valence-corrected chi connectivity index (χ2v) is 9.62. The van der Waals surface area contributed by atoms with Crippen LogP contribution in [0.1, 0.15) is 19.7 Å². The van der Waals surface area contributed by atoms with Gasteiger partial charge in [0.1, 0.15) is 5.82 Å². The summed E-state index contributed by atoms with van der Waals surface area (Å²) in [4.78, 5) is 24.9. The van der Waals surface area contributed by atoms with Gasteiger partial charge in [-0.3, -0.25) is 4.98 Å². The predicted molar refractivity (Wildman–Crippen MR) is 139 cm³/mol. The molecule has 9 heteroatoms. The first kappa shape index (κ1) is 24.1. The molecule has 34 heavy (non-hydrogen) atoms. The molecule has 0 fully saturated rings. The van der Waals surface area contributed by atoms with Crippen LogP contribution in [-0.2, 0) is 5.41 Å². The van der Waals surface area contributed by atoms with E-state index in [1.165, 1.54) is 0 Å². The summed E-state index contributed by atoms with van der Waals surface area (Å²) < 4.78 is 0. The van der Waals surface area contributed by atoms with Gasteiger partial charge in [-0.15, -0.1) is 0 Å². The van der Waals surface area contributed by atoms with Crippen molar-refractivity contribution in [3.05, 3.63) is 87.9 Å². The Bertz CT molecular complexity index is 1300. The Morgan fingerprint density at radius 1 is 0.941 bits per heavy atom. The number of aromatic nitrogens is 3. The number of urea groups is 1. The van der Waals surface area contributed by atoms with Crippen LogP contribution in [0.2, 0.25) is 15.1 Å². The molecule has 0 saturated heterocycles. The van der Waals surface area contributed by atoms with E-state index in [2.05, 4.69) is 20.6 Å². The minimum absolute atomic E-state index is 0.319. The number of nitrogens with zero attached hydrogens (tertiary/aromatic N) is 2. The summed E-state index contributed by atoms with van der Waals surface area (Å²) in [5, 5.41) is 7.24. The first-order valence-electron chi connectivity index (χ1n) is 10.5. The van der Waals surface area contributed by atoms with Crippen molar-refractivity contribution in [2.45, 2.75) is 19.3 Å². The molecule has 0 atom stereocenters. The number of anilines is 1. The number of carbonyl (C=O) groups is 1. The smallest absolute Gasteiger partial charge is 0.319 e. The van der Waals surface area contributed by atoms with Crippen LogP contribution in [0.4, 0.5) is 10.5 Å². The summed E-state index contributed by atoms with van der Waals surface area (Å²) in [5.74, 6) is 0.715. The molecule has 0 saturated carbocycles. The molecular formula is C25H22Cl3N5O. The molecule has 2 amide bonds. The molecule has 6 nitrogen and oxygen atoms in total. The lowest BCUT2D eigenvalue weighted by atomic mass is 9.92. The van der Waals surface area contributed by atoms with Crippen LogP contribution in [0.15, 0.2) is 67.0 Å². The van der Waals surface area contributed by atoms with Crippen LogP contribution in [0.5, 0.6) is 0 Å². The largest absolute Gasteiger partial charge is 0.341 e. The fourth-order valence-corrected chi connectivity index (χ4v) is 3.79. The predicted octanol–water partition coefficient (Wildman–Crippen LogP) is 7.20. The second kappa shape index (κ2) is 10.1. The standard InChI is InChI=1S/C25H22Cl3N5O/c1-25(2,14-30-24(34)31-18-6-4-17(26)5-7-18)23-32-21(15-9-11-29-12-10-15)22(33-23)16-3-8-19(27)20(28)13-16/h3-13H,14H2,1-2H3,(H,32,33)(H2,30,31,34). The van der Waals surface area contributed by atoms with Gasteiger partial charge in [-0.25, -0.2) is 9.78 Å². The van der Waals surface area contributed by atoms with Gasteiger partial charge in [-0.05, 0) is 48.5 Å². The Kier molecular flexibility index (Phi) is 7.12. The third-order valence-electron chi connectivity index (χ3n) is 5.30. The van der Waals surface area contributed by atoms with E-state index < -0.39 is 5.41 Å². The molecule has 2 aromatic carbocycles. The fraction of sp³-hybridized carbons (Fsp3) is 0.160. The molecule has 0 unspecified atom stereocenters. The summed E-state index contributed by atoms with van der Waals surface area (Å²) in [6.45, 7) is 4.35. The highest BCUT2D eigenvalue weighted by Crippen LogP contribution is 2.35. The Hall–Kier alpha value is -3.06. The van der Waals surface area contributed by atoms with Crippen molar-refractivity contribution in [1.82, 2.24) is 20.3 Å². The molecule has 0 aliphatic carbocycles. The topological polar surface area (TPSA) is 82.7 Å². The molecule has 0 aliphatic heterocycles. The lowest BCUT2D eigenvalue weighted by molar-refractivity contribution is 0.249. The molecule has 174 valence electrons. The molecule has 2 heterocycles. The van der Waals surface area contributed by atoms with Crippen molar-refractivity contribution in [3.8, 4) is 22.5 Å². The van der Waals surface area contributed by atoms with E-state index in [0.717, 1.165) is 22.5 Å². The maximum absolute atomic E-state index is 12.4. The van der Waals surface area contributed by atoms with E-state index in [-0.39, 0.29) is 6.03 Å². The van der Waals surface area contributed by atoms with Crippen LogP contribution in [0.3, 0.4) is 0 Å². The van der Waals surface area contributed by atoms with Crippen molar-refractivity contribution in [2.75, 3.05) is 11.9 Å². The number of nitrogens with one attached hydrogen (secondary N) is 3. The first-order chi connectivity index (χ1) is 16.2. The molecule has 0 radical (unpaired) electrons. The van der Waals surface area contributed by atoms with E-state index in [4.69, 9.17) is 39.8 Å². The number of halogens is 3. The SMILES string of the molecule is CC(C)(CNC(=O)Nc1ccc(Cl)cc1)c1nc(-c2ccc(Cl)c(Cl)c2)c(-c2ccncc2)[nH]1. The highest BCUT2D eigenvalue weighted by atomic mass is 35.5. The van der Waals surface area contributed by atoms with Gasteiger partial charge < -0.3 is 15.6 Å². The molecule has 3 N–H and O–H groups in total. The highest BCUT2D eigenvalue weighted by molar-refractivity contribution is 6.42. The highest BCUT2D eigenvalue weighted by Gasteiger charge is 2.28. The van der Waals surface area contributed by atoms with Gasteiger partial charge in [0.05, 0.1) is 21.4 Å². The van der Waals surface area contributed by atoms with Gasteiger partial charge >= 0.3 is 6.03 Å². The number of pyridine rings is 1. The molecule has 4 rings (SSSR count). The summed E-state index contributed by atoms with van der Waals surface area (Å²) in [6, 6.07) is 15.8. The molecule has 0 spiro atoms. The van der Waals surface area contributed by atoms with Crippen molar-refractivity contribution in [2.24, 2.45) is 0 Å². The van der Waals surface area contributed by atoms with Gasteiger partial charge in [-0.2, -0.15) is 0 Å². The summed E-state index contributed by atoms with van der Waals surface area (Å²) in [5.41, 5.74) is 3.47. The third-order valence-corrected chi connectivity index (χ3v) is 6.29. The molecule has 0 bridgehead atoms. The quantitative estimate of drug-likeness (QED) is 0.254. The maximum atomic E-state index is 12.4. The Balaban J connectivity index is 1.59. The van der Waals surface area contributed by atoms with E-state index in [1.54, 1.807) is 48.8 Å². The van der Waals surface area contributed by atoms with Crippen LogP contribution < -0.4 is 10.6 Å². The average Bonchev–Trinajstić information content (AvgIpc) is 3.28. The zero-order valence-electron chi connectivity index (χ0n) is 18.5. The van der Waals surface area contributed by atoms with Gasteiger partial charge in [0.2, 0.25) is 0 Å². The minimum Gasteiger partial charge on any atom is -0.341 e. The first-order valence-corrected chi connectivity index (χ1v) is 11.6. The van der Waals surface area contributed by atoms with Gasteiger partial charge in [0.25, 0.3) is 0 Å². The summed E-state index contributed by atoms with van der Waals surface area (Å²) >= 11 is 18.3. The number of hydrogen-bond donors (Lipinski definition) is 3. The number of imidazole rings is 1. The Labute approximate surface area is 212 Å². The number of amides is 2. The van der Waals surface area contributed by atoms with Crippen molar-refractivity contribution < 1.29 is 4.79 Å². The average molecular weight is 515 g/mol. The van der Waals surface area contributed by atoms with Crippen molar-refractivity contribution in [3.63, 3.8) is 0 Å². The van der Waals surface area contributed by atoms with Crippen molar-refractivity contribution >= 4 is 46.5 Å². The monoisotopic (exact) mass is 513 g/mol. The number of H-pyrrole nitrogens is 1. The lowest BCUT2D eigenvalue weighted by Crippen LogP contribution is -2.39. The van der Waals surface area contributed by atoms with Gasteiger partial charge in [0, 0.05) is 46.2 Å². The Morgan fingerprint density at radius 2 is 1.65 bits per heavy atom. The van der Waals surface area contributed by atoms with Gasteiger partial charge in [0.15, 0.2) is 0 Å². The van der Waals surface area contributed by atoms with Crippen LogP contribution >= 0.6 is 34.8 Å². The number of hydrogen-bond acceptors (Lipinski definition) is 3. The van der Waals surface area contributed by atoms with Crippen LogP contribution in [0, 0.1) is 0 Å².